The maximum atomic E-state index is 12.4. The molecular weight excluding hydrogens is 310 g/mol. The molecule has 7 nitrogen and oxygen atoms in total. The van der Waals surface area contributed by atoms with Crippen molar-refractivity contribution >= 4 is 17.9 Å². The van der Waals surface area contributed by atoms with Crippen LogP contribution in [0.25, 0.3) is 0 Å². The first kappa shape index (κ1) is 16.4. The minimum absolute atomic E-state index is 0.0417. The van der Waals surface area contributed by atoms with Gasteiger partial charge in [0.15, 0.2) is 0 Å². The third kappa shape index (κ3) is 2.75. The second-order valence-corrected chi connectivity index (χ2v) is 6.43. The summed E-state index contributed by atoms with van der Waals surface area (Å²) in [6.07, 6.45) is -0.909. The van der Waals surface area contributed by atoms with Crippen LogP contribution in [-0.2, 0) is 0 Å². The van der Waals surface area contributed by atoms with Crippen LogP contribution in [0.4, 0.5) is 4.79 Å². The molecule has 7 heteroatoms. The molecule has 1 fully saturated rings. The van der Waals surface area contributed by atoms with Crippen molar-refractivity contribution in [3.05, 3.63) is 35.4 Å². The molecule has 1 N–H and O–H groups in total. The van der Waals surface area contributed by atoms with E-state index in [-0.39, 0.29) is 23.9 Å². The molecule has 0 bridgehead atoms. The maximum absolute atomic E-state index is 12.4. The molecule has 0 radical (unpaired) electrons. The Morgan fingerprint density at radius 2 is 1.54 bits per heavy atom. The largest absolute Gasteiger partial charge is 0.465 e. The van der Waals surface area contributed by atoms with Gasteiger partial charge in [-0.2, -0.15) is 0 Å². The van der Waals surface area contributed by atoms with Gasteiger partial charge in [-0.15, -0.1) is 0 Å². The molecular formula is C17H21N3O4. The summed E-state index contributed by atoms with van der Waals surface area (Å²) in [4.78, 5) is 40.8. The average Bonchev–Trinajstić information content (AvgIpc) is 2.79. The molecule has 1 aromatic carbocycles. The lowest BCUT2D eigenvalue weighted by atomic mass is 10.1. The quantitative estimate of drug-likeness (QED) is 0.846. The first-order chi connectivity index (χ1) is 11.4. The highest BCUT2D eigenvalue weighted by molar-refractivity contribution is 6.21. The molecule has 2 aliphatic rings. The molecule has 1 aromatic rings. The molecule has 0 unspecified atom stereocenters. The number of benzene rings is 1. The summed E-state index contributed by atoms with van der Waals surface area (Å²) in [5.74, 6) is -0.500. The molecule has 0 aromatic heterocycles. The number of hydrogen-bond acceptors (Lipinski definition) is 4. The van der Waals surface area contributed by atoms with E-state index in [1.165, 1.54) is 9.80 Å². The van der Waals surface area contributed by atoms with Crippen molar-refractivity contribution in [3.63, 3.8) is 0 Å². The van der Waals surface area contributed by atoms with Gasteiger partial charge < -0.3 is 10.0 Å². The summed E-state index contributed by atoms with van der Waals surface area (Å²) in [5.41, 5.74) is 0.915. The lowest BCUT2D eigenvalue weighted by Gasteiger charge is -2.43. The van der Waals surface area contributed by atoms with Gasteiger partial charge in [0.2, 0.25) is 0 Å². The SMILES string of the molecule is C[C@@H]1CN(C(=O)O)C[C@H](C)N1CCN1C(=O)c2ccccc2C1=O. The number of imide groups is 1. The van der Waals surface area contributed by atoms with Crippen molar-refractivity contribution in [1.29, 1.82) is 0 Å². The normalized spacial score (nSPS) is 24.4. The van der Waals surface area contributed by atoms with E-state index in [2.05, 4.69) is 4.90 Å². The van der Waals surface area contributed by atoms with Crippen LogP contribution in [0, 0.1) is 0 Å². The molecule has 24 heavy (non-hydrogen) atoms. The molecule has 128 valence electrons. The van der Waals surface area contributed by atoms with Crippen molar-refractivity contribution in [2.24, 2.45) is 0 Å². The Balaban J connectivity index is 1.66. The number of piperazine rings is 1. The maximum Gasteiger partial charge on any atom is 0.407 e. The fraction of sp³-hybridized carbons (Fsp3) is 0.471. The topological polar surface area (TPSA) is 81.2 Å². The van der Waals surface area contributed by atoms with Crippen molar-refractivity contribution in [2.75, 3.05) is 26.2 Å². The van der Waals surface area contributed by atoms with Gasteiger partial charge >= 0.3 is 6.09 Å². The molecule has 3 rings (SSSR count). The molecule has 0 aliphatic carbocycles. The number of hydrogen-bond donors (Lipinski definition) is 1. The summed E-state index contributed by atoms with van der Waals surface area (Å²) in [6.45, 7) is 5.65. The van der Waals surface area contributed by atoms with E-state index in [1.807, 2.05) is 13.8 Å². The van der Waals surface area contributed by atoms with Gasteiger partial charge in [0.1, 0.15) is 0 Å². The fourth-order valence-corrected chi connectivity index (χ4v) is 3.61. The van der Waals surface area contributed by atoms with Crippen LogP contribution in [0.2, 0.25) is 0 Å². The van der Waals surface area contributed by atoms with E-state index in [0.717, 1.165) is 0 Å². The Morgan fingerprint density at radius 3 is 2.00 bits per heavy atom. The lowest BCUT2D eigenvalue weighted by Crippen LogP contribution is -2.59. The minimum Gasteiger partial charge on any atom is -0.465 e. The number of rotatable bonds is 3. The van der Waals surface area contributed by atoms with E-state index in [4.69, 9.17) is 5.11 Å². The van der Waals surface area contributed by atoms with E-state index >= 15 is 0 Å². The van der Waals surface area contributed by atoms with Crippen LogP contribution in [0.15, 0.2) is 24.3 Å². The molecule has 0 spiro atoms. The third-order valence-electron chi connectivity index (χ3n) is 4.83. The number of amides is 3. The molecule has 2 aliphatic heterocycles. The molecule has 2 atom stereocenters. The highest BCUT2D eigenvalue weighted by Crippen LogP contribution is 2.23. The number of carbonyl (C=O) groups excluding carboxylic acids is 2. The summed E-state index contributed by atoms with van der Waals surface area (Å²) in [7, 11) is 0. The van der Waals surface area contributed by atoms with Crippen molar-refractivity contribution in [1.82, 2.24) is 14.7 Å². The Morgan fingerprint density at radius 1 is 1.04 bits per heavy atom. The average molecular weight is 331 g/mol. The highest BCUT2D eigenvalue weighted by Gasteiger charge is 2.37. The van der Waals surface area contributed by atoms with Crippen molar-refractivity contribution in [2.45, 2.75) is 25.9 Å². The number of carbonyl (C=O) groups is 3. The fourth-order valence-electron chi connectivity index (χ4n) is 3.61. The number of carboxylic acid groups (broad SMARTS) is 1. The standard InChI is InChI=1S/C17H21N3O4/c1-11-9-18(17(23)24)10-12(2)19(11)7-8-20-15(21)13-5-3-4-6-14(13)16(20)22/h3-6,11-12H,7-10H2,1-2H3,(H,23,24)/t11-,12+. The monoisotopic (exact) mass is 331 g/mol. The predicted octanol–water partition coefficient (Wildman–Crippen LogP) is 1.36. The van der Waals surface area contributed by atoms with Gasteiger partial charge in [-0.05, 0) is 26.0 Å². The summed E-state index contributed by atoms with van der Waals surface area (Å²) in [5, 5.41) is 9.14. The second kappa shape index (κ2) is 6.24. The Bertz CT molecular complexity index is 643. The first-order valence-electron chi connectivity index (χ1n) is 8.09. The van der Waals surface area contributed by atoms with Crippen LogP contribution >= 0.6 is 0 Å². The van der Waals surface area contributed by atoms with E-state index < -0.39 is 6.09 Å². The Kier molecular flexibility index (Phi) is 4.28. The highest BCUT2D eigenvalue weighted by atomic mass is 16.4. The van der Waals surface area contributed by atoms with Gasteiger partial charge in [-0.1, -0.05) is 12.1 Å². The van der Waals surface area contributed by atoms with Crippen LogP contribution in [0.1, 0.15) is 34.6 Å². The van der Waals surface area contributed by atoms with Crippen LogP contribution in [-0.4, -0.2) is 76.0 Å². The van der Waals surface area contributed by atoms with Crippen LogP contribution < -0.4 is 0 Å². The lowest BCUT2D eigenvalue weighted by molar-refractivity contribution is 0.0326. The zero-order valence-corrected chi connectivity index (χ0v) is 13.8. The smallest absolute Gasteiger partial charge is 0.407 e. The van der Waals surface area contributed by atoms with Crippen molar-refractivity contribution < 1.29 is 19.5 Å². The van der Waals surface area contributed by atoms with Gasteiger partial charge in [0, 0.05) is 38.3 Å². The van der Waals surface area contributed by atoms with Gasteiger partial charge in [0.05, 0.1) is 11.1 Å². The van der Waals surface area contributed by atoms with Crippen LogP contribution in [0.5, 0.6) is 0 Å². The van der Waals surface area contributed by atoms with E-state index in [1.54, 1.807) is 24.3 Å². The number of nitrogens with zero attached hydrogens (tertiary/aromatic N) is 3. The predicted molar refractivity (Wildman–Crippen MR) is 87.0 cm³/mol. The minimum atomic E-state index is -0.909. The Labute approximate surface area is 140 Å². The summed E-state index contributed by atoms with van der Waals surface area (Å²) in [6, 6.07) is 6.94. The van der Waals surface area contributed by atoms with Gasteiger partial charge in [0.25, 0.3) is 11.8 Å². The molecule has 3 amide bonds. The van der Waals surface area contributed by atoms with Crippen LogP contribution in [0.3, 0.4) is 0 Å². The van der Waals surface area contributed by atoms with E-state index in [9.17, 15) is 14.4 Å². The summed E-state index contributed by atoms with van der Waals surface area (Å²) >= 11 is 0. The Hall–Kier alpha value is -2.41. The van der Waals surface area contributed by atoms with Crippen molar-refractivity contribution in [3.8, 4) is 0 Å². The molecule has 1 saturated heterocycles. The van der Waals surface area contributed by atoms with Gasteiger partial charge in [-0.3, -0.25) is 19.4 Å². The molecule has 0 saturated carbocycles. The zero-order valence-electron chi connectivity index (χ0n) is 13.8. The summed E-state index contributed by atoms with van der Waals surface area (Å²) < 4.78 is 0. The molecule has 2 heterocycles. The van der Waals surface area contributed by atoms with Gasteiger partial charge in [-0.25, -0.2) is 4.79 Å². The number of fused-ring (bicyclic) bond motifs is 1. The van der Waals surface area contributed by atoms with E-state index in [0.29, 0.717) is 37.3 Å². The zero-order chi connectivity index (χ0) is 17.4. The first-order valence-corrected chi connectivity index (χ1v) is 8.09. The third-order valence-corrected chi connectivity index (χ3v) is 4.83. The second-order valence-electron chi connectivity index (χ2n) is 6.43.